The van der Waals surface area contributed by atoms with Gasteiger partial charge < -0.3 is 4.98 Å². The molecule has 0 spiro atoms. The van der Waals surface area contributed by atoms with E-state index in [1.54, 1.807) is 36.4 Å². The highest BCUT2D eigenvalue weighted by atomic mass is 35.5. The summed E-state index contributed by atoms with van der Waals surface area (Å²) < 4.78 is 29.1. The number of fused-ring (bicyclic) bond motifs is 1. The molecule has 0 atom stereocenters. The lowest BCUT2D eigenvalue weighted by atomic mass is 9.86. The van der Waals surface area contributed by atoms with Crippen LogP contribution in [0.2, 0.25) is 5.02 Å². The van der Waals surface area contributed by atoms with Gasteiger partial charge in [0, 0.05) is 30.7 Å². The zero-order chi connectivity index (χ0) is 25.6. The molecule has 3 aromatic carbocycles. The Bertz CT molecular complexity index is 1480. The predicted molar refractivity (Wildman–Crippen MR) is 138 cm³/mol. The Morgan fingerprint density at radius 2 is 1.57 bits per heavy atom. The first-order valence-corrected chi connectivity index (χ1v) is 12.6. The number of nitrogens with one attached hydrogen (secondary N) is 2. The second-order valence-electron chi connectivity index (χ2n) is 9.59. The molecule has 2 N–H and O–H groups in total. The highest BCUT2D eigenvalue weighted by molar-refractivity contribution is 6.31. The number of benzene rings is 3. The first kappa shape index (κ1) is 23.9. The number of nitrogens with zero attached hydrogens (tertiary/aromatic N) is 2. The standard InChI is InChI=1S/C28H25ClF2N4O2/c29-20-5-10-26-25(15-20)32-27(36)35(26)24-11-13-34(14-12-24)17-23-16-28(37-33-23,18-1-6-21(30)7-2-18)19-3-8-22(31)9-4-19/h1-10,15-16,24,33H,11-14,17H2,(H,32,36). The van der Waals surface area contributed by atoms with E-state index in [-0.39, 0.29) is 23.4 Å². The molecule has 0 aliphatic carbocycles. The summed E-state index contributed by atoms with van der Waals surface area (Å²) in [5, 5.41) is 0.590. The van der Waals surface area contributed by atoms with Crippen LogP contribution < -0.4 is 11.2 Å². The maximum Gasteiger partial charge on any atom is 0.326 e. The molecule has 1 fully saturated rings. The molecule has 9 heteroatoms. The van der Waals surface area contributed by atoms with Crippen LogP contribution >= 0.6 is 11.6 Å². The van der Waals surface area contributed by atoms with E-state index >= 15 is 0 Å². The summed E-state index contributed by atoms with van der Waals surface area (Å²) in [7, 11) is 0. The van der Waals surface area contributed by atoms with Crippen molar-refractivity contribution >= 4 is 22.6 Å². The minimum atomic E-state index is -1.01. The SMILES string of the molecule is O=c1[nH]c2cc(Cl)ccc2n1C1CCN(CC2=CC(c3ccc(F)cc3)(c3ccc(F)cc3)ON2)CC1. The molecule has 1 saturated heterocycles. The fourth-order valence-corrected chi connectivity index (χ4v) is 5.59. The number of hydroxylamine groups is 1. The van der Waals surface area contributed by atoms with Crippen molar-refractivity contribution < 1.29 is 13.6 Å². The summed E-state index contributed by atoms with van der Waals surface area (Å²) in [5.41, 5.74) is 5.88. The molecule has 0 radical (unpaired) electrons. The van der Waals surface area contributed by atoms with Crippen LogP contribution in [0.3, 0.4) is 0 Å². The maximum atomic E-state index is 13.6. The smallest absolute Gasteiger partial charge is 0.305 e. The number of H-pyrrole nitrogens is 1. The Kier molecular flexibility index (Phi) is 6.10. The van der Waals surface area contributed by atoms with Gasteiger partial charge in [0.25, 0.3) is 0 Å². The minimum absolute atomic E-state index is 0.0953. The highest BCUT2D eigenvalue weighted by Gasteiger charge is 2.39. The number of halogens is 3. The van der Waals surface area contributed by atoms with Gasteiger partial charge in [-0.15, -0.1) is 0 Å². The van der Waals surface area contributed by atoms with Crippen LogP contribution in [-0.2, 0) is 10.4 Å². The van der Waals surface area contributed by atoms with Gasteiger partial charge in [-0.05, 0) is 72.5 Å². The molecule has 0 saturated carbocycles. The molecule has 3 heterocycles. The van der Waals surface area contributed by atoms with Crippen molar-refractivity contribution in [1.82, 2.24) is 19.9 Å². The van der Waals surface area contributed by atoms with Gasteiger partial charge >= 0.3 is 5.69 Å². The zero-order valence-corrected chi connectivity index (χ0v) is 20.6. The van der Waals surface area contributed by atoms with Crippen LogP contribution in [0.15, 0.2) is 83.3 Å². The van der Waals surface area contributed by atoms with Gasteiger partial charge in [-0.1, -0.05) is 35.9 Å². The molecular weight excluding hydrogens is 498 g/mol. The third-order valence-corrected chi connectivity index (χ3v) is 7.50. The van der Waals surface area contributed by atoms with Gasteiger partial charge in [0.15, 0.2) is 5.60 Å². The van der Waals surface area contributed by atoms with Gasteiger partial charge in [-0.25, -0.2) is 13.6 Å². The van der Waals surface area contributed by atoms with Crippen molar-refractivity contribution in [2.75, 3.05) is 19.6 Å². The monoisotopic (exact) mass is 522 g/mol. The lowest BCUT2D eigenvalue weighted by molar-refractivity contribution is -0.0186. The quantitative estimate of drug-likeness (QED) is 0.375. The number of rotatable bonds is 5. The molecule has 2 aliphatic heterocycles. The molecule has 0 unspecified atom stereocenters. The van der Waals surface area contributed by atoms with E-state index in [9.17, 15) is 13.6 Å². The normalized spacial score (nSPS) is 18.2. The molecular formula is C28H25ClF2N4O2. The molecule has 2 aliphatic rings. The van der Waals surface area contributed by atoms with Gasteiger partial charge in [-0.2, -0.15) is 0 Å². The third-order valence-electron chi connectivity index (χ3n) is 7.26. The lowest BCUT2D eigenvalue weighted by Crippen LogP contribution is -2.38. The molecule has 6 nitrogen and oxygen atoms in total. The second kappa shape index (κ2) is 9.45. The van der Waals surface area contributed by atoms with Gasteiger partial charge in [0.2, 0.25) is 0 Å². The van der Waals surface area contributed by atoms with Crippen LogP contribution in [0, 0.1) is 11.6 Å². The Morgan fingerprint density at radius 1 is 0.946 bits per heavy atom. The Balaban J connectivity index is 1.21. The van der Waals surface area contributed by atoms with Crippen molar-refractivity contribution in [2.24, 2.45) is 0 Å². The fraction of sp³-hybridized carbons (Fsp3) is 0.250. The zero-order valence-electron chi connectivity index (χ0n) is 19.9. The topological polar surface area (TPSA) is 62.3 Å². The van der Waals surface area contributed by atoms with E-state index in [1.165, 1.54) is 24.3 Å². The van der Waals surface area contributed by atoms with Crippen molar-refractivity contribution in [3.63, 3.8) is 0 Å². The van der Waals surface area contributed by atoms with E-state index in [0.717, 1.165) is 53.8 Å². The first-order valence-electron chi connectivity index (χ1n) is 12.2. The van der Waals surface area contributed by atoms with Gasteiger partial charge in [0.1, 0.15) is 11.6 Å². The number of piperidine rings is 1. The largest absolute Gasteiger partial charge is 0.326 e. The summed E-state index contributed by atoms with van der Waals surface area (Å²) in [5.74, 6) is -0.679. The van der Waals surface area contributed by atoms with E-state index in [0.29, 0.717) is 11.6 Å². The molecule has 0 bridgehead atoms. The van der Waals surface area contributed by atoms with Crippen LogP contribution in [0.5, 0.6) is 0 Å². The summed E-state index contributed by atoms with van der Waals surface area (Å²) in [6.07, 6.45) is 3.63. The second-order valence-corrected chi connectivity index (χ2v) is 10.0. The maximum absolute atomic E-state index is 13.6. The van der Waals surface area contributed by atoms with Crippen molar-refractivity contribution in [2.45, 2.75) is 24.5 Å². The Hall–Kier alpha value is -3.46. The molecule has 4 aromatic rings. The average molecular weight is 523 g/mol. The predicted octanol–water partition coefficient (Wildman–Crippen LogP) is 5.26. The Morgan fingerprint density at radius 3 is 2.19 bits per heavy atom. The number of likely N-dealkylation sites (tertiary alicyclic amines) is 1. The molecule has 1 aromatic heterocycles. The van der Waals surface area contributed by atoms with Gasteiger partial charge in [-0.3, -0.25) is 19.8 Å². The highest BCUT2D eigenvalue weighted by Crippen LogP contribution is 2.39. The summed E-state index contributed by atoms with van der Waals surface area (Å²) in [6.45, 7) is 2.22. The van der Waals surface area contributed by atoms with Crippen molar-refractivity contribution in [1.29, 1.82) is 0 Å². The fourth-order valence-electron chi connectivity index (χ4n) is 5.42. The Labute approximate surface area is 217 Å². The summed E-state index contributed by atoms with van der Waals surface area (Å²) in [6, 6.07) is 17.8. The number of hydrogen-bond acceptors (Lipinski definition) is 4. The minimum Gasteiger partial charge on any atom is -0.305 e. The number of aromatic nitrogens is 2. The van der Waals surface area contributed by atoms with E-state index in [1.807, 2.05) is 16.7 Å². The first-order chi connectivity index (χ1) is 17.9. The lowest BCUT2D eigenvalue weighted by Gasteiger charge is -2.32. The summed E-state index contributed by atoms with van der Waals surface area (Å²) >= 11 is 6.09. The third kappa shape index (κ3) is 4.45. The van der Waals surface area contributed by atoms with E-state index < -0.39 is 5.60 Å². The average Bonchev–Trinajstić information content (AvgIpc) is 3.46. The molecule has 37 heavy (non-hydrogen) atoms. The number of hydrogen-bond donors (Lipinski definition) is 2. The molecule has 6 rings (SSSR count). The van der Waals surface area contributed by atoms with E-state index in [2.05, 4.69) is 15.4 Å². The molecule has 190 valence electrons. The number of aromatic amines is 1. The summed E-state index contributed by atoms with van der Waals surface area (Å²) in [4.78, 5) is 24.0. The van der Waals surface area contributed by atoms with Crippen LogP contribution in [0.4, 0.5) is 8.78 Å². The van der Waals surface area contributed by atoms with Crippen molar-refractivity contribution in [3.05, 3.63) is 117 Å². The van der Waals surface area contributed by atoms with Crippen LogP contribution in [0.25, 0.3) is 11.0 Å². The van der Waals surface area contributed by atoms with E-state index in [4.69, 9.17) is 16.4 Å². The van der Waals surface area contributed by atoms with Crippen molar-refractivity contribution in [3.8, 4) is 0 Å². The molecule has 0 amide bonds. The van der Waals surface area contributed by atoms with Crippen LogP contribution in [0.1, 0.15) is 30.0 Å². The number of imidazole rings is 1. The van der Waals surface area contributed by atoms with Gasteiger partial charge in [0.05, 0.1) is 16.7 Å². The van der Waals surface area contributed by atoms with Crippen LogP contribution in [-0.4, -0.2) is 34.1 Å².